The Morgan fingerprint density at radius 2 is 1.79 bits per heavy atom. The van der Waals surface area contributed by atoms with Crippen LogP contribution >= 0.6 is 11.3 Å². The van der Waals surface area contributed by atoms with E-state index >= 15 is 0 Å². The maximum atomic E-state index is 13.4. The zero-order valence-corrected chi connectivity index (χ0v) is 7.88. The highest BCUT2D eigenvalue weighted by molar-refractivity contribution is 7.22. The van der Waals surface area contributed by atoms with Crippen molar-refractivity contribution in [3.8, 4) is 0 Å². The summed E-state index contributed by atoms with van der Waals surface area (Å²) in [6, 6.07) is 0. The minimum Gasteiger partial charge on any atom is -0.375 e. The molecule has 2 nitrogen and oxygen atoms in total. The van der Waals surface area contributed by atoms with Crippen molar-refractivity contribution in [3.05, 3.63) is 23.0 Å². The van der Waals surface area contributed by atoms with Crippen molar-refractivity contribution in [1.82, 2.24) is 4.98 Å². The van der Waals surface area contributed by atoms with Gasteiger partial charge in [-0.15, -0.1) is 0 Å². The third kappa shape index (κ3) is 1.07. The lowest BCUT2D eigenvalue weighted by Crippen LogP contribution is -1.95. The molecule has 0 aliphatic rings. The molecule has 0 bridgehead atoms. The van der Waals surface area contributed by atoms with Gasteiger partial charge in [-0.1, -0.05) is 11.3 Å². The smallest absolute Gasteiger partial charge is 0.186 e. The number of nitrogen functional groups attached to an aromatic ring is 1. The van der Waals surface area contributed by atoms with Crippen LogP contribution in [0, 0.1) is 24.4 Å². The highest BCUT2D eigenvalue weighted by Crippen LogP contribution is 2.32. The monoisotopic (exact) mass is 218 g/mol. The Bertz CT molecular complexity index is 476. The number of rotatable bonds is 0. The van der Waals surface area contributed by atoms with E-state index in [1.54, 1.807) is 0 Å². The number of halogens is 3. The van der Waals surface area contributed by atoms with Crippen molar-refractivity contribution in [2.45, 2.75) is 6.92 Å². The van der Waals surface area contributed by atoms with Crippen LogP contribution in [0.2, 0.25) is 0 Å². The first-order valence-corrected chi connectivity index (χ1v) is 4.53. The van der Waals surface area contributed by atoms with Gasteiger partial charge in [0.25, 0.3) is 0 Å². The molecule has 0 saturated carbocycles. The Kier molecular flexibility index (Phi) is 1.88. The Morgan fingerprint density at radius 1 is 1.14 bits per heavy atom. The molecule has 2 rings (SSSR count). The summed E-state index contributed by atoms with van der Waals surface area (Å²) in [5.74, 6) is -3.15. The van der Waals surface area contributed by atoms with E-state index in [2.05, 4.69) is 4.98 Å². The third-order valence-electron chi connectivity index (χ3n) is 1.90. The molecule has 1 heterocycles. The Labute approximate surface area is 81.2 Å². The van der Waals surface area contributed by atoms with Gasteiger partial charge < -0.3 is 5.73 Å². The van der Waals surface area contributed by atoms with Gasteiger partial charge in [-0.3, -0.25) is 0 Å². The van der Waals surface area contributed by atoms with E-state index in [0.29, 0.717) is 0 Å². The SMILES string of the molecule is Cc1c(F)c(F)c2nc(N)sc2c1F. The first-order valence-electron chi connectivity index (χ1n) is 3.71. The fourth-order valence-corrected chi connectivity index (χ4v) is 1.99. The Morgan fingerprint density at radius 3 is 2.43 bits per heavy atom. The van der Waals surface area contributed by atoms with Gasteiger partial charge >= 0.3 is 0 Å². The van der Waals surface area contributed by atoms with Crippen molar-refractivity contribution in [1.29, 1.82) is 0 Å². The lowest BCUT2D eigenvalue weighted by atomic mass is 10.2. The number of nitrogens with two attached hydrogens (primary N) is 1. The molecule has 6 heteroatoms. The highest BCUT2D eigenvalue weighted by Gasteiger charge is 2.20. The minimum absolute atomic E-state index is 0.0165. The van der Waals surface area contributed by atoms with Gasteiger partial charge in [0.2, 0.25) is 0 Å². The van der Waals surface area contributed by atoms with Crippen molar-refractivity contribution in [3.63, 3.8) is 0 Å². The van der Waals surface area contributed by atoms with Crippen LogP contribution in [-0.2, 0) is 0 Å². The number of hydrogen-bond donors (Lipinski definition) is 1. The Balaban J connectivity index is 3.01. The number of thiazole rings is 1. The lowest BCUT2D eigenvalue weighted by molar-refractivity contribution is 0.496. The van der Waals surface area contributed by atoms with Crippen LogP contribution in [0.15, 0.2) is 0 Å². The molecule has 0 saturated heterocycles. The number of nitrogens with zero attached hydrogens (tertiary/aromatic N) is 1. The average molecular weight is 218 g/mol. The van der Waals surface area contributed by atoms with Gasteiger partial charge in [-0.2, -0.15) is 0 Å². The van der Waals surface area contributed by atoms with E-state index in [-0.39, 0.29) is 20.9 Å². The zero-order chi connectivity index (χ0) is 10.5. The molecule has 0 fully saturated rings. The van der Waals surface area contributed by atoms with Crippen LogP contribution in [0.3, 0.4) is 0 Å². The summed E-state index contributed by atoms with van der Waals surface area (Å²) in [7, 11) is 0. The molecule has 0 atom stereocenters. The molecule has 14 heavy (non-hydrogen) atoms. The Hall–Kier alpha value is -1.30. The highest BCUT2D eigenvalue weighted by atomic mass is 32.1. The van der Waals surface area contributed by atoms with Crippen LogP contribution in [0.1, 0.15) is 5.56 Å². The number of anilines is 1. The van der Waals surface area contributed by atoms with Crippen molar-refractivity contribution in [2.75, 3.05) is 5.73 Å². The molecule has 2 N–H and O–H groups in total. The maximum absolute atomic E-state index is 13.4. The molecule has 2 aromatic rings. The molecule has 0 amide bonds. The van der Waals surface area contributed by atoms with Crippen molar-refractivity contribution in [2.24, 2.45) is 0 Å². The summed E-state index contributed by atoms with van der Waals surface area (Å²) < 4.78 is 39.6. The van der Waals surface area contributed by atoms with E-state index in [9.17, 15) is 13.2 Å². The van der Waals surface area contributed by atoms with Crippen LogP contribution in [0.5, 0.6) is 0 Å². The average Bonchev–Trinajstić information content (AvgIpc) is 2.54. The number of benzene rings is 1. The van der Waals surface area contributed by atoms with E-state index in [1.165, 1.54) is 6.92 Å². The van der Waals surface area contributed by atoms with Gasteiger partial charge in [-0.05, 0) is 6.92 Å². The topological polar surface area (TPSA) is 38.9 Å². The summed E-state index contributed by atoms with van der Waals surface area (Å²) in [6.07, 6.45) is 0. The minimum atomic E-state index is -1.21. The van der Waals surface area contributed by atoms with Crippen LogP contribution in [0.4, 0.5) is 18.3 Å². The molecular weight excluding hydrogens is 213 g/mol. The second-order valence-electron chi connectivity index (χ2n) is 2.80. The summed E-state index contributed by atoms with van der Waals surface area (Å²) in [6.45, 7) is 1.17. The van der Waals surface area contributed by atoms with Gasteiger partial charge in [0, 0.05) is 5.56 Å². The molecule has 1 aromatic carbocycles. The summed E-state index contributed by atoms with van der Waals surface area (Å²) in [5.41, 5.74) is 4.59. The van der Waals surface area contributed by atoms with Crippen molar-refractivity contribution < 1.29 is 13.2 Å². The summed E-state index contributed by atoms with van der Waals surface area (Å²) in [5, 5.41) is 0.0165. The molecule has 0 spiro atoms. The van der Waals surface area contributed by atoms with Crippen LogP contribution < -0.4 is 5.73 Å². The predicted octanol–water partition coefficient (Wildman–Crippen LogP) is 2.60. The fraction of sp³-hybridized carbons (Fsp3) is 0.125. The van der Waals surface area contributed by atoms with Gasteiger partial charge in [-0.25, -0.2) is 18.2 Å². The molecule has 0 aliphatic carbocycles. The zero-order valence-electron chi connectivity index (χ0n) is 7.07. The van der Waals surface area contributed by atoms with E-state index in [1.807, 2.05) is 0 Å². The molecule has 74 valence electrons. The third-order valence-corrected chi connectivity index (χ3v) is 2.78. The standard InChI is InChI=1S/C8H5F3N2S/c1-2-3(9)5(11)6-7(4(2)10)14-8(12)13-6/h1H3,(H2,12,13). The van der Waals surface area contributed by atoms with Gasteiger partial charge in [0.05, 0.1) is 4.70 Å². The quantitative estimate of drug-likeness (QED) is 0.690. The fourth-order valence-electron chi connectivity index (χ4n) is 1.17. The lowest BCUT2D eigenvalue weighted by Gasteiger charge is -2.00. The van der Waals surface area contributed by atoms with Crippen LogP contribution in [-0.4, -0.2) is 4.98 Å². The largest absolute Gasteiger partial charge is 0.375 e. The number of aromatic nitrogens is 1. The summed E-state index contributed by atoms with van der Waals surface area (Å²) >= 11 is 0.801. The van der Waals surface area contributed by atoms with E-state index < -0.39 is 17.5 Å². The molecular formula is C8H5F3N2S. The van der Waals surface area contributed by atoms with Crippen molar-refractivity contribution >= 4 is 26.7 Å². The normalized spacial score (nSPS) is 11.1. The van der Waals surface area contributed by atoms with Gasteiger partial charge in [0.1, 0.15) is 11.3 Å². The first-order chi connectivity index (χ1) is 6.52. The van der Waals surface area contributed by atoms with E-state index in [0.717, 1.165) is 11.3 Å². The molecule has 0 aliphatic heterocycles. The van der Waals surface area contributed by atoms with E-state index in [4.69, 9.17) is 5.73 Å². The summed E-state index contributed by atoms with van der Waals surface area (Å²) in [4.78, 5) is 3.52. The molecule has 1 aromatic heterocycles. The second-order valence-corrected chi connectivity index (χ2v) is 3.83. The second kappa shape index (κ2) is 2.84. The predicted molar refractivity (Wildman–Crippen MR) is 48.6 cm³/mol. The molecule has 0 unspecified atom stereocenters. The first kappa shape index (κ1) is 9.26. The maximum Gasteiger partial charge on any atom is 0.186 e. The number of fused-ring (bicyclic) bond motifs is 1. The number of hydrogen-bond acceptors (Lipinski definition) is 3. The molecule has 0 radical (unpaired) electrons. The van der Waals surface area contributed by atoms with Gasteiger partial charge in [0.15, 0.2) is 16.8 Å². The van der Waals surface area contributed by atoms with Crippen LogP contribution in [0.25, 0.3) is 10.2 Å².